The van der Waals surface area contributed by atoms with Gasteiger partial charge in [0.1, 0.15) is 11.6 Å². The van der Waals surface area contributed by atoms with Crippen molar-refractivity contribution in [1.82, 2.24) is 4.31 Å². The molecular weight excluding hydrogens is 344 g/mol. The number of hydrogen-bond donors (Lipinski definition) is 0. The SMILES string of the molecule is CC(CS(=O)(=O)N(Cc1ccc(F)cc1F)C1CC1)c1ccccc1. The van der Waals surface area contributed by atoms with Crippen LogP contribution < -0.4 is 0 Å². The Bertz CT molecular complexity index is 836. The normalized spacial score (nSPS) is 16.2. The van der Waals surface area contributed by atoms with Crippen LogP contribution in [0.4, 0.5) is 8.78 Å². The van der Waals surface area contributed by atoms with Gasteiger partial charge in [-0.2, -0.15) is 4.31 Å². The zero-order chi connectivity index (χ0) is 18.0. The third kappa shape index (κ3) is 4.44. The first-order valence-corrected chi connectivity index (χ1v) is 9.96. The molecule has 1 aliphatic carbocycles. The third-order valence-corrected chi connectivity index (χ3v) is 6.55. The van der Waals surface area contributed by atoms with Gasteiger partial charge in [0.15, 0.2) is 0 Å². The van der Waals surface area contributed by atoms with E-state index in [4.69, 9.17) is 0 Å². The molecule has 1 saturated carbocycles. The highest BCUT2D eigenvalue weighted by molar-refractivity contribution is 7.89. The van der Waals surface area contributed by atoms with Crippen LogP contribution in [-0.4, -0.2) is 24.5 Å². The maximum absolute atomic E-state index is 13.9. The van der Waals surface area contributed by atoms with Gasteiger partial charge in [-0.25, -0.2) is 17.2 Å². The second-order valence-corrected chi connectivity index (χ2v) is 8.57. The summed E-state index contributed by atoms with van der Waals surface area (Å²) in [6.07, 6.45) is 1.56. The molecule has 1 unspecified atom stereocenters. The maximum Gasteiger partial charge on any atom is 0.215 e. The van der Waals surface area contributed by atoms with Crippen LogP contribution in [0.3, 0.4) is 0 Å². The van der Waals surface area contributed by atoms with E-state index >= 15 is 0 Å². The van der Waals surface area contributed by atoms with Crippen LogP contribution in [0.1, 0.15) is 36.8 Å². The van der Waals surface area contributed by atoms with E-state index in [1.54, 1.807) is 0 Å². The highest BCUT2D eigenvalue weighted by Crippen LogP contribution is 2.33. The molecule has 6 heteroatoms. The standard InChI is InChI=1S/C19H21F2NO2S/c1-14(15-5-3-2-4-6-15)13-25(23,24)22(18-9-10-18)12-16-7-8-17(20)11-19(16)21/h2-8,11,14,18H,9-10,12-13H2,1H3. The summed E-state index contributed by atoms with van der Waals surface area (Å²) in [6, 6.07) is 12.6. The minimum atomic E-state index is -3.56. The molecule has 0 bridgehead atoms. The van der Waals surface area contributed by atoms with Gasteiger partial charge >= 0.3 is 0 Å². The molecule has 25 heavy (non-hydrogen) atoms. The molecule has 0 radical (unpaired) electrons. The maximum atomic E-state index is 13.9. The van der Waals surface area contributed by atoms with Gasteiger partial charge in [-0.15, -0.1) is 0 Å². The van der Waals surface area contributed by atoms with Gasteiger partial charge < -0.3 is 0 Å². The van der Waals surface area contributed by atoms with Crippen molar-refractivity contribution in [2.45, 2.75) is 38.3 Å². The summed E-state index contributed by atoms with van der Waals surface area (Å²) in [5.74, 6) is -1.57. The van der Waals surface area contributed by atoms with E-state index < -0.39 is 21.7 Å². The summed E-state index contributed by atoms with van der Waals surface area (Å²) in [5, 5.41) is 0. The van der Waals surface area contributed by atoms with Gasteiger partial charge in [-0.05, 0) is 30.4 Å². The van der Waals surface area contributed by atoms with Crippen LogP contribution in [0.15, 0.2) is 48.5 Å². The lowest BCUT2D eigenvalue weighted by Crippen LogP contribution is -2.36. The zero-order valence-electron chi connectivity index (χ0n) is 14.0. The average Bonchev–Trinajstić information content (AvgIpc) is 3.39. The van der Waals surface area contributed by atoms with Crippen LogP contribution in [0.2, 0.25) is 0 Å². The minimum absolute atomic E-state index is 0.0314. The second-order valence-electron chi connectivity index (χ2n) is 6.60. The molecule has 0 N–H and O–H groups in total. The Balaban J connectivity index is 1.79. The molecule has 3 rings (SSSR count). The molecule has 0 aliphatic heterocycles. The number of nitrogens with zero attached hydrogens (tertiary/aromatic N) is 1. The number of hydrogen-bond acceptors (Lipinski definition) is 2. The fourth-order valence-electron chi connectivity index (χ4n) is 2.92. The first-order valence-electron chi connectivity index (χ1n) is 8.35. The van der Waals surface area contributed by atoms with Crippen molar-refractivity contribution >= 4 is 10.0 Å². The van der Waals surface area contributed by atoms with Crippen molar-refractivity contribution in [2.75, 3.05) is 5.75 Å². The van der Waals surface area contributed by atoms with E-state index in [0.29, 0.717) is 0 Å². The lowest BCUT2D eigenvalue weighted by Gasteiger charge is -2.24. The lowest BCUT2D eigenvalue weighted by molar-refractivity contribution is 0.389. The number of halogens is 2. The van der Waals surface area contributed by atoms with Crippen LogP contribution in [0.25, 0.3) is 0 Å². The number of sulfonamides is 1. The number of benzene rings is 2. The van der Waals surface area contributed by atoms with Crippen molar-refractivity contribution in [3.63, 3.8) is 0 Å². The van der Waals surface area contributed by atoms with E-state index in [1.807, 2.05) is 37.3 Å². The Kier molecular flexibility index (Phi) is 5.20. The molecule has 0 heterocycles. The molecule has 0 spiro atoms. The fraction of sp³-hybridized carbons (Fsp3) is 0.368. The summed E-state index contributed by atoms with van der Waals surface area (Å²) < 4.78 is 54.2. The van der Waals surface area contributed by atoms with Crippen LogP contribution >= 0.6 is 0 Å². The van der Waals surface area contributed by atoms with Gasteiger partial charge in [-0.3, -0.25) is 0 Å². The summed E-state index contributed by atoms with van der Waals surface area (Å²) in [5.41, 5.74) is 1.15. The molecule has 2 aromatic carbocycles. The van der Waals surface area contributed by atoms with E-state index in [2.05, 4.69) is 0 Å². The minimum Gasteiger partial charge on any atom is -0.212 e. The summed E-state index contributed by atoms with van der Waals surface area (Å²) in [6.45, 7) is 1.82. The molecular formula is C19H21F2NO2S. The second kappa shape index (κ2) is 7.22. The Morgan fingerprint density at radius 2 is 1.80 bits per heavy atom. The van der Waals surface area contributed by atoms with Crippen molar-refractivity contribution in [3.05, 3.63) is 71.3 Å². The predicted molar refractivity (Wildman–Crippen MR) is 93.6 cm³/mol. The first-order chi connectivity index (χ1) is 11.9. The molecule has 1 aliphatic rings. The topological polar surface area (TPSA) is 37.4 Å². The zero-order valence-corrected chi connectivity index (χ0v) is 14.8. The Morgan fingerprint density at radius 1 is 1.12 bits per heavy atom. The first kappa shape index (κ1) is 18.0. The van der Waals surface area contributed by atoms with Gasteiger partial charge in [0, 0.05) is 24.2 Å². The van der Waals surface area contributed by atoms with E-state index in [0.717, 1.165) is 30.5 Å². The summed E-state index contributed by atoms with van der Waals surface area (Å²) in [4.78, 5) is 0. The van der Waals surface area contributed by atoms with Crippen molar-refractivity contribution < 1.29 is 17.2 Å². The average molecular weight is 365 g/mol. The molecule has 1 atom stereocenters. The molecule has 134 valence electrons. The van der Waals surface area contributed by atoms with Gasteiger partial charge in [0.2, 0.25) is 10.0 Å². The number of rotatable bonds is 7. The van der Waals surface area contributed by atoms with Crippen molar-refractivity contribution in [2.24, 2.45) is 0 Å². The Morgan fingerprint density at radius 3 is 2.40 bits per heavy atom. The fourth-order valence-corrected chi connectivity index (χ4v) is 4.94. The van der Waals surface area contributed by atoms with Crippen molar-refractivity contribution in [3.8, 4) is 0 Å². The summed E-state index contributed by atoms with van der Waals surface area (Å²) in [7, 11) is -3.56. The highest BCUT2D eigenvalue weighted by atomic mass is 32.2. The molecule has 3 nitrogen and oxygen atoms in total. The molecule has 0 aromatic heterocycles. The smallest absolute Gasteiger partial charge is 0.212 e. The highest BCUT2D eigenvalue weighted by Gasteiger charge is 2.38. The van der Waals surface area contributed by atoms with Crippen molar-refractivity contribution in [1.29, 1.82) is 0 Å². The Labute approximate surface area is 147 Å². The molecule has 2 aromatic rings. The predicted octanol–water partition coefficient (Wildman–Crippen LogP) is 4.06. The van der Waals surface area contributed by atoms with E-state index in [-0.39, 0.29) is 29.8 Å². The van der Waals surface area contributed by atoms with Gasteiger partial charge in [0.05, 0.1) is 5.75 Å². The Hall–Kier alpha value is -1.79. The van der Waals surface area contributed by atoms with Crippen LogP contribution in [0, 0.1) is 11.6 Å². The van der Waals surface area contributed by atoms with E-state index in [9.17, 15) is 17.2 Å². The van der Waals surface area contributed by atoms with Gasteiger partial charge in [-0.1, -0.05) is 43.3 Å². The summed E-state index contributed by atoms with van der Waals surface area (Å²) >= 11 is 0. The monoisotopic (exact) mass is 365 g/mol. The van der Waals surface area contributed by atoms with Crippen LogP contribution in [0.5, 0.6) is 0 Å². The van der Waals surface area contributed by atoms with E-state index in [1.165, 1.54) is 10.4 Å². The molecule has 0 amide bonds. The largest absolute Gasteiger partial charge is 0.215 e. The van der Waals surface area contributed by atoms with Gasteiger partial charge in [0.25, 0.3) is 0 Å². The quantitative estimate of drug-likeness (QED) is 0.742. The molecule has 0 saturated heterocycles. The van der Waals surface area contributed by atoms with Crippen LogP contribution in [-0.2, 0) is 16.6 Å². The lowest BCUT2D eigenvalue weighted by atomic mass is 10.0. The third-order valence-electron chi connectivity index (χ3n) is 4.48. The molecule has 1 fully saturated rings.